The minimum atomic E-state index is -3.59. The molecule has 0 saturated carbocycles. The Labute approximate surface area is 127 Å². The molecule has 120 valence electrons. The number of aromatic nitrogens is 1. The second-order valence-corrected chi connectivity index (χ2v) is 6.82. The molecule has 1 aromatic rings. The quantitative estimate of drug-likeness (QED) is 0.742. The first-order valence-electron chi connectivity index (χ1n) is 7.10. The highest BCUT2D eigenvalue weighted by Gasteiger charge is 2.27. The van der Waals surface area contributed by atoms with Crippen molar-refractivity contribution in [2.75, 3.05) is 26.8 Å². The maximum atomic E-state index is 12.6. The molecule has 0 spiro atoms. The van der Waals surface area contributed by atoms with E-state index in [1.807, 2.05) is 20.8 Å². The van der Waals surface area contributed by atoms with Gasteiger partial charge in [-0.3, -0.25) is 0 Å². The van der Waals surface area contributed by atoms with Gasteiger partial charge in [0.1, 0.15) is 0 Å². The maximum absolute atomic E-state index is 12.6. The van der Waals surface area contributed by atoms with Gasteiger partial charge >= 0.3 is 0 Å². The van der Waals surface area contributed by atoms with Gasteiger partial charge in [-0.2, -0.15) is 4.31 Å². The summed E-state index contributed by atoms with van der Waals surface area (Å²) in [6.07, 6.45) is 1.60. The molecule has 1 aromatic heterocycles. The van der Waals surface area contributed by atoms with Gasteiger partial charge in [0.15, 0.2) is 5.03 Å². The molecule has 1 heterocycles. The van der Waals surface area contributed by atoms with E-state index in [1.54, 1.807) is 25.4 Å². The van der Waals surface area contributed by atoms with Crippen molar-refractivity contribution in [2.24, 2.45) is 0 Å². The second-order valence-electron chi connectivity index (χ2n) is 4.99. The summed E-state index contributed by atoms with van der Waals surface area (Å²) in [7, 11) is -2.03. The Kier molecular flexibility index (Phi) is 7.24. The molecule has 1 rings (SSSR count). The predicted octanol–water partition coefficient (Wildman–Crippen LogP) is 1.24. The highest BCUT2D eigenvalue weighted by molar-refractivity contribution is 7.89. The van der Waals surface area contributed by atoms with Crippen molar-refractivity contribution in [3.8, 4) is 0 Å². The van der Waals surface area contributed by atoms with Crippen LogP contribution >= 0.6 is 0 Å². The Morgan fingerprint density at radius 3 is 2.57 bits per heavy atom. The minimum Gasteiger partial charge on any atom is -0.383 e. The van der Waals surface area contributed by atoms with E-state index < -0.39 is 10.0 Å². The van der Waals surface area contributed by atoms with E-state index in [0.29, 0.717) is 19.7 Å². The molecular formula is C14H25N3O3S. The first-order chi connectivity index (χ1) is 9.93. The van der Waals surface area contributed by atoms with Gasteiger partial charge in [0.25, 0.3) is 10.0 Å². The molecule has 0 aliphatic heterocycles. The summed E-state index contributed by atoms with van der Waals surface area (Å²) in [6, 6.07) is 3.20. The van der Waals surface area contributed by atoms with Crippen LogP contribution in [-0.4, -0.2) is 50.6 Å². The fourth-order valence-corrected chi connectivity index (χ4v) is 3.43. The molecule has 0 aliphatic carbocycles. The normalized spacial score (nSPS) is 12.3. The number of rotatable bonds is 9. The van der Waals surface area contributed by atoms with Crippen LogP contribution in [0.25, 0.3) is 0 Å². The molecular weight excluding hydrogens is 290 g/mol. The first-order valence-corrected chi connectivity index (χ1v) is 8.54. The zero-order valence-electron chi connectivity index (χ0n) is 13.2. The maximum Gasteiger partial charge on any atom is 0.260 e. The molecule has 0 radical (unpaired) electrons. The Balaban J connectivity index is 2.94. The standard InChI is InChI=1S/C14H25N3O3S/c1-5-15-10-13-6-7-14(16-11-13)21(18,19)17(12(2)3)8-9-20-4/h6-7,11-12,15H,5,8-10H2,1-4H3. The van der Waals surface area contributed by atoms with E-state index in [0.717, 1.165) is 12.1 Å². The van der Waals surface area contributed by atoms with Crippen molar-refractivity contribution in [3.63, 3.8) is 0 Å². The van der Waals surface area contributed by atoms with E-state index in [2.05, 4.69) is 10.3 Å². The number of nitrogens with one attached hydrogen (secondary N) is 1. The molecule has 0 aromatic carbocycles. The van der Waals surface area contributed by atoms with Crippen LogP contribution in [0.1, 0.15) is 26.3 Å². The van der Waals surface area contributed by atoms with Crippen LogP contribution < -0.4 is 5.32 Å². The van der Waals surface area contributed by atoms with Crippen molar-refractivity contribution in [1.82, 2.24) is 14.6 Å². The summed E-state index contributed by atoms with van der Waals surface area (Å²) in [5.74, 6) is 0. The summed E-state index contributed by atoms with van der Waals surface area (Å²) in [5.41, 5.74) is 0.962. The molecule has 1 N–H and O–H groups in total. The monoisotopic (exact) mass is 315 g/mol. The average Bonchev–Trinajstić information content (AvgIpc) is 2.45. The van der Waals surface area contributed by atoms with Crippen LogP contribution in [0.15, 0.2) is 23.4 Å². The van der Waals surface area contributed by atoms with Gasteiger partial charge < -0.3 is 10.1 Å². The minimum absolute atomic E-state index is 0.0764. The summed E-state index contributed by atoms with van der Waals surface area (Å²) in [4.78, 5) is 4.10. The molecule has 0 aliphatic rings. The highest BCUT2D eigenvalue weighted by Crippen LogP contribution is 2.16. The zero-order valence-corrected chi connectivity index (χ0v) is 14.0. The van der Waals surface area contributed by atoms with Crippen molar-refractivity contribution < 1.29 is 13.2 Å². The van der Waals surface area contributed by atoms with Crippen molar-refractivity contribution in [2.45, 2.75) is 38.4 Å². The predicted molar refractivity (Wildman–Crippen MR) is 82.5 cm³/mol. The van der Waals surface area contributed by atoms with Gasteiger partial charge in [-0.05, 0) is 32.0 Å². The second kappa shape index (κ2) is 8.43. The van der Waals surface area contributed by atoms with E-state index >= 15 is 0 Å². The third-order valence-electron chi connectivity index (χ3n) is 3.04. The van der Waals surface area contributed by atoms with Crippen LogP contribution in [-0.2, 0) is 21.3 Å². The van der Waals surface area contributed by atoms with Crippen LogP contribution in [0.4, 0.5) is 0 Å². The van der Waals surface area contributed by atoms with E-state index in [4.69, 9.17) is 4.74 Å². The van der Waals surface area contributed by atoms with Crippen molar-refractivity contribution in [3.05, 3.63) is 23.9 Å². The first kappa shape index (κ1) is 18.0. The molecule has 0 bridgehead atoms. The van der Waals surface area contributed by atoms with Gasteiger partial charge in [-0.15, -0.1) is 0 Å². The Hall–Kier alpha value is -1.02. The van der Waals surface area contributed by atoms with Crippen LogP contribution in [0.2, 0.25) is 0 Å². The largest absolute Gasteiger partial charge is 0.383 e. The Morgan fingerprint density at radius 1 is 1.38 bits per heavy atom. The summed E-state index contributed by atoms with van der Waals surface area (Å²) < 4.78 is 31.6. The SMILES string of the molecule is CCNCc1ccc(S(=O)(=O)N(CCOC)C(C)C)nc1. The molecule has 6 nitrogen and oxygen atoms in total. The third kappa shape index (κ3) is 5.03. The molecule has 0 amide bonds. The van der Waals surface area contributed by atoms with Crippen LogP contribution in [0.3, 0.4) is 0 Å². The summed E-state index contributed by atoms with van der Waals surface area (Å²) in [5, 5.41) is 3.25. The fourth-order valence-electron chi connectivity index (χ4n) is 1.89. The summed E-state index contributed by atoms with van der Waals surface area (Å²) >= 11 is 0. The highest BCUT2D eigenvalue weighted by atomic mass is 32.2. The molecule has 21 heavy (non-hydrogen) atoms. The lowest BCUT2D eigenvalue weighted by Gasteiger charge is -2.25. The number of hydrogen-bond acceptors (Lipinski definition) is 5. The van der Waals surface area contributed by atoms with Crippen LogP contribution in [0, 0.1) is 0 Å². The topological polar surface area (TPSA) is 71.5 Å². The number of pyridine rings is 1. The Morgan fingerprint density at radius 2 is 2.10 bits per heavy atom. The van der Waals surface area contributed by atoms with Gasteiger partial charge in [0, 0.05) is 32.4 Å². The van der Waals surface area contributed by atoms with Gasteiger partial charge in [-0.25, -0.2) is 13.4 Å². The molecule has 0 atom stereocenters. The average molecular weight is 315 g/mol. The van der Waals surface area contributed by atoms with E-state index in [1.165, 1.54) is 4.31 Å². The summed E-state index contributed by atoms with van der Waals surface area (Å²) in [6.45, 7) is 7.91. The zero-order chi connectivity index (χ0) is 15.9. The third-order valence-corrected chi connectivity index (χ3v) is 5.03. The fraction of sp³-hybridized carbons (Fsp3) is 0.643. The van der Waals surface area contributed by atoms with Crippen molar-refractivity contribution >= 4 is 10.0 Å². The van der Waals surface area contributed by atoms with E-state index in [9.17, 15) is 8.42 Å². The van der Waals surface area contributed by atoms with Gasteiger partial charge in [-0.1, -0.05) is 13.0 Å². The van der Waals surface area contributed by atoms with Gasteiger partial charge in [0.2, 0.25) is 0 Å². The number of methoxy groups -OCH3 is 1. The number of sulfonamides is 1. The van der Waals surface area contributed by atoms with Gasteiger partial charge in [0.05, 0.1) is 6.61 Å². The lowest BCUT2D eigenvalue weighted by molar-refractivity contribution is 0.170. The number of nitrogens with zero attached hydrogens (tertiary/aromatic N) is 2. The molecule has 7 heteroatoms. The smallest absolute Gasteiger partial charge is 0.260 e. The number of ether oxygens (including phenoxy) is 1. The Bertz CT molecular complexity index is 515. The number of hydrogen-bond donors (Lipinski definition) is 1. The van der Waals surface area contributed by atoms with Crippen LogP contribution in [0.5, 0.6) is 0 Å². The molecule has 0 fully saturated rings. The molecule has 0 unspecified atom stereocenters. The lowest BCUT2D eigenvalue weighted by Crippen LogP contribution is -2.39. The van der Waals surface area contributed by atoms with E-state index in [-0.39, 0.29) is 11.1 Å². The van der Waals surface area contributed by atoms with Crippen molar-refractivity contribution in [1.29, 1.82) is 0 Å². The molecule has 0 saturated heterocycles. The lowest BCUT2D eigenvalue weighted by atomic mass is 10.3.